The van der Waals surface area contributed by atoms with Crippen LogP contribution >= 0.6 is 35.6 Å². The Morgan fingerprint density at radius 2 is 1.42 bits per heavy atom. The number of benzene rings is 2. The Kier molecular flexibility index (Phi) is 24.8. The van der Waals surface area contributed by atoms with Crippen LogP contribution in [0.4, 0.5) is 0 Å². The Bertz CT molecular complexity index is 1190. The van der Waals surface area contributed by atoms with Gasteiger partial charge in [-0.25, -0.2) is 4.98 Å². The van der Waals surface area contributed by atoms with E-state index in [0.29, 0.717) is 5.88 Å². The van der Waals surface area contributed by atoms with Gasteiger partial charge in [0, 0.05) is 30.6 Å². The first-order valence-electron chi connectivity index (χ1n) is 11.8. The Hall–Kier alpha value is -0.844. The van der Waals surface area contributed by atoms with Gasteiger partial charge in [0.15, 0.2) is 0 Å². The third-order valence-corrected chi connectivity index (χ3v) is 6.38. The maximum Gasteiger partial charge on any atom is 1.00 e. The van der Waals surface area contributed by atoms with E-state index in [2.05, 4.69) is 80.1 Å². The van der Waals surface area contributed by atoms with Gasteiger partial charge in [-0.15, -0.1) is 23.4 Å². The monoisotopic (exact) mass is 596 g/mol. The minimum Gasteiger partial charge on any atom is -0.870 e. The number of rotatable bonds is 4. The molecule has 0 aliphatic carbocycles. The molecular formula is C30H38ClKN2O2S2. The van der Waals surface area contributed by atoms with E-state index in [4.69, 9.17) is 28.9 Å². The van der Waals surface area contributed by atoms with Crippen LogP contribution in [-0.4, -0.2) is 27.2 Å². The number of aliphatic hydroxyl groups excluding tert-OH is 1. The van der Waals surface area contributed by atoms with E-state index in [0.717, 1.165) is 15.4 Å². The van der Waals surface area contributed by atoms with Crippen molar-refractivity contribution in [1.82, 2.24) is 9.97 Å². The van der Waals surface area contributed by atoms with Gasteiger partial charge in [-0.1, -0.05) is 71.9 Å². The first-order chi connectivity index (χ1) is 17.3. The molecule has 0 unspecified atom stereocenters. The molecule has 0 amide bonds. The van der Waals surface area contributed by atoms with Crippen molar-refractivity contribution < 1.29 is 62.0 Å². The van der Waals surface area contributed by atoms with Crippen LogP contribution in [0.5, 0.6) is 0 Å². The summed E-state index contributed by atoms with van der Waals surface area (Å²) in [6, 6.07) is 24.6. The number of nitrogens with zero attached hydrogens (tertiary/aromatic N) is 1. The first-order valence-corrected chi connectivity index (χ1v) is 13.7. The fourth-order valence-corrected chi connectivity index (χ4v) is 4.22. The number of nitrogens with one attached hydrogen (secondary N) is 1. The Balaban J connectivity index is 0. The minimum absolute atomic E-state index is 0. The summed E-state index contributed by atoms with van der Waals surface area (Å²) in [5.41, 5.74) is 7.87. The molecule has 0 aliphatic rings. The van der Waals surface area contributed by atoms with Crippen molar-refractivity contribution in [2.45, 2.75) is 51.3 Å². The Morgan fingerprint density at radius 3 is 1.84 bits per heavy atom. The molecule has 2 aromatic heterocycles. The van der Waals surface area contributed by atoms with Crippen LogP contribution in [0, 0.1) is 32.3 Å². The number of aliphatic hydroxyl groups is 1. The number of H-pyrrole nitrogens is 1. The fraction of sp³-hybridized carbons (Fsp3) is 0.267. The predicted molar refractivity (Wildman–Crippen MR) is 162 cm³/mol. The summed E-state index contributed by atoms with van der Waals surface area (Å²) in [6.07, 6.45) is 3.65. The molecule has 2 heterocycles. The van der Waals surface area contributed by atoms with Gasteiger partial charge in [0.25, 0.3) is 0 Å². The average molecular weight is 597 g/mol. The molecule has 3 N–H and O–H groups in total. The quantitative estimate of drug-likeness (QED) is 0.139. The summed E-state index contributed by atoms with van der Waals surface area (Å²) in [4.78, 5) is 7.15. The molecule has 0 radical (unpaired) electrons. The van der Waals surface area contributed by atoms with Gasteiger partial charge in [0.2, 0.25) is 0 Å². The van der Waals surface area contributed by atoms with Gasteiger partial charge in [-0.2, -0.15) is 0 Å². The van der Waals surface area contributed by atoms with Crippen LogP contribution in [0.25, 0.3) is 0 Å². The van der Waals surface area contributed by atoms with Gasteiger partial charge < -0.3 is 15.6 Å². The topological polar surface area (TPSA) is 78.9 Å². The normalized spacial score (nSPS) is 9.03. The van der Waals surface area contributed by atoms with E-state index in [9.17, 15) is 0 Å². The molecule has 0 bridgehead atoms. The van der Waals surface area contributed by atoms with Crippen molar-refractivity contribution in [2.24, 2.45) is 0 Å². The number of halogens is 1. The molecule has 0 spiro atoms. The summed E-state index contributed by atoms with van der Waals surface area (Å²) in [5, 5.41) is 8.66. The van der Waals surface area contributed by atoms with E-state index in [1.54, 1.807) is 18.7 Å². The van der Waals surface area contributed by atoms with Crippen molar-refractivity contribution in [3.8, 4) is 0 Å². The number of pyridine rings is 2. The standard InChI is InChI=1S/C14H15NS.C9H11Cl.C5H5NS.C2H6O.K.H2O/c1-11-6-7-12(2)13(9-11)10-16-14-5-3-4-8-15-14;1-7-3-4-8(2)9(5-7)6-10;7-5-3-1-2-4-6-5;1-2-3;;/h3-9H,10H2,1-2H3;3-5H,6H2,1-2H3;1-4H,(H,6,7);3H,2H2,1H3;;1H2/q;;;;+1;/p-1. The second kappa shape index (κ2) is 24.0. The van der Waals surface area contributed by atoms with Crippen LogP contribution in [0.2, 0.25) is 0 Å². The summed E-state index contributed by atoms with van der Waals surface area (Å²) in [6.45, 7) is 10.4. The van der Waals surface area contributed by atoms with Gasteiger partial charge >= 0.3 is 51.4 Å². The number of aromatic amines is 1. The average Bonchev–Trinajstić information content (AvgIpc) is 2.88. The van der Waals surface area contributed by atoms with E-state index in [1.165, 1.54) is 33.4 Å². The van der Waals surface area contributed by atoms with Crippen LogP contribution < -0.4 is 51.4 Å². The van der Waals surface area contributed by atoms with Crippen molar-refractivity contribution in [1.29, 1.82) is 0 Å². The zero-order valence-corrected chi connectivity index (χ0v) is 28.8. The maximum atomic E-state index is 7.57. The largest absolute Gasteiger partial charge is 1.00 e. The molecule has 4 aromatic rings. The molecule has 38 heavy (non-hydrogen) atoms. The molecule has 0 fully saturated rings. The molecule has 0 saturated heterocycles. The van der Waals surface area contributed by atoms with Gasteiger partial charge in [0.05, 0.1) is 5.03 Å². The van der Waals surface area contributed by atoms with Crippen LogP contribution in [0.15, 0.2) is 90.2 Å². The third kappa shape index (κ3) is 17.7. The molecular weight excluding hydrogens is 559 g/mol. The van der Waals surface area contributed by atoms with Gasteiger partial charge in [0.1, 0.15) is 4.64 Å². The molecule has 4 nitrogen and oxygen atoms in total. The molecule has 2 aromatic carbocycles. The first kappa shape index (κ1) is 39.3. The Labute approximate surface area is 285 Å². The number of aryl methyl sites for hydroxylation is 4. The van der Waals surface area contributed by atoms with Crippen LogP contribution in [0.1, 0.15) is 40.3 Å². The molecule has 8 heteroatoms. The number of alkyl halides is 1. The number of aromatic nitrogens is 2. The Morgan fingerprint density at radius 1 is 0.868 bits per heavy atom. The van der Waals surface area contributed by atoms with Crippen LogP contribution in [0.3, 0.4) is 0 Å². The van der Waals surface area contributed by atoms with Gasteiger partial charge in [-0.3, -0.25) is 0 Å². The number of hydrogen-bond donors (Lipinski definition) is 2. The summed E-state index contributed by atoms with van der Waals surface area (Å²) < 4.78 is 0.780. The zero-order chi connectivity index (χ0) is 26.8. The second-order valence-corrected chi connectivity index (χ2v) is 9.70. The molecule has 0 atom stereocenters. The smallest absolute Gasteiger partial charge is 0.870 e. The van der Waals surface area contributed by atoms with Crippen molar-refractivity contribution >= 4 is 35.6 Å². The molecule has 4 rings (SSSR count). The van der Waals surface area contributed by atoms with Crippen LogP contribution in [-0.2, 0) is 11.6 Å². The maximum absolute atomic E-state index is 7.57. The number of hydrogen-bond acceptors (Lipinski definition) is 5. The van der Waals surface area contributed by atoms with Gasteiger partial charge in [-0.05, 0) is 81.1 Å². The number of thioether (sulfide) groups is 1. The van der Waals surface area contributed by atoms with Crippen molar-refractivity contribution in [3.05, 3.63) is 123 Å². The SMILES string of the molecule is CCO.Cc1ccc(C)c(CCl)c1.Cc1ccc(C)c(CSc2ccccn2)c1.S=c1cccc[nH]1.[K+].[OH-]. The summed E-state index contributed by atoms with van der Waals surface area (Å²) >= 11 is 12.2. The third-order valence-electron chi connectivity index (χ3n) is 4.85. The molecule has 0 saturated carbocycles. The predicted octanol–water partition coefficient (Wildman–Crippen LogP) is 5.60. The summed E-state index contributed by atoms with van der Waals surface area (Å²) in [5.74, 6) is 1.61. The zero-order valence-electron chi connectivity index (χ0n) is 23.2. The fourth-order valence-electron chi connectivity index (χ4n) is 2.86. The van der Waals surface area contributed by atoms with E-state index in [1.807, 2.05) is 42.7 Å². The van der Waals surface area contributed by atoms with Crippen molar-refractivity contribution in [3.63, 3.8) is 0 Å². The summed E-state index contributed by atoms with van der Waals surface area (Å²) in [7, 11) is 0. The van der Waals surface area contributed by atoms with E-state index < -0.39 is 0 Å². The van der Waals surface area contributed by atoms with E-state index in [-0.39, 0.29) is 63.5 Å². The van der Waals surface area contributed by atoms with Crippen molar-refractivity contribution in [2.75, 3.05) is 6.61 Å². The minimum atomic E-state index is 0. The van der Waals surface area contributed by atoms with E-state index >= 15 is 0 Å². The second-order valence-electron chi connectivity index (χ2n) is 7.99. The molecule has 200 valence electrons. The molecule has 0 aliphatic heterocycles.